The number of hydrogen-bond acceptors (Lipinski definition) is 2. The minimum atomic E-state index is -4.28. The molecular formula is C10H11F3OS. The number of aryl methyl sites for hydroxylation is 2. The smallest absolute Gasteiger partial charge is 0.446 e. The van der Waals surface area contributed by atoms with Crippen molar-refractivity contribution in [1.82, 2.24) is 0 Å². The van der Waals surface area contributed by atoms with Gasteiger partial charge in [-0.15, -0.1) is 0 Å². The number of benzene rings is 1. The maximum atomic E-state index is 12.2. The summed E-state index contributed by atoms with van der Waals surface area (Å²) in [7, 11) is 1.37. The van der Waals surface area contributed by atoms with Crippen molar-refractivity contribution in [3.63, 3.8) is 0 Å². The lowest BCUT2D eigenvalue weighted by Gasteiger charge is -2.13. The number of rotatable bonds is 2. The van der Waals surface area contributed by atoms with Gasteiger partial charge < -0.3 is 4.74 Å². The zero-order chi connectivity index (χ0) is 11.6. The Labute approximate surface area is 90.6 Å². The van der Waals surface area contributed by atoms with Crippen LogP contribution in [0.4, 0.5) is 13.2 Å². The third-order valence-corrected chi connectivity index (χ3v) is 2.57. The van der Waals surface area contributed by atoms with E-state index in [9.17, 15) is 13.2 Å². The molecule has 0 aliphatic carbocycles. The summed E-state index contributed by atoms with van der Waals surface area (Å²) in [5, 5.41) is 0. The van der Waals surface area contributed by atoms with Crippen molar-refractivity contribution in [1.29, 1.82) is 0 Å². The Balaban J connectivity index is 3.15. The summed E-state index contributed by atoms with van der Waals surface area (Å²) in [6, 6.07) is 3.27. The second-order valence-corrected chi connectivity index (χ2v) is 4.27. The predicted octanol–water partition coefficient (Wildman–Crippen LogP) is 3.92. The zero-order valence-electron chi connectivity index (χ0n) is 8.61. The fourth-order valence-electron chi connectivity index (χ4n) is 1.38. The first-order valence-electron chi connectivity index (χ1n) is 4.24. The Hall–Kier alpha value is -0.840. The first-order chi connectivity index (χ1) is 6.83. The van der Waals surface area contributed by atoms with Gasteiger partial charge in [-0.25, -0.2) is 0 Å². The van der Waals surface area contributed by atoms with Crippen LogP contribution in [0, 0.1) is 13.8 Å². The molecule has 1 rings (SSSR count). The second kappa shape index (κ2) is 4.35. The van der Waals surface area contributed by atoms with Crippen LogP contribution in [-0.2, 0) is 0 Å². The molecule has 0 aliphatic rings. The molecule has 0 atom stereocenters. The van der Waals surface area contributed by atoms with Gasteiger partial charge in [0.1, 0.15) is 5.75 Å². The van der Waals surface area contributed by atoms with Gasteiger partial charge >= 0.3 is 5.51 Å². The number of hydrogen-bond donors (Lipinski definition) is 0. The van der Waals surface area contributed by atoms with Crippen molar-refractivity contribution in [3.8, 4) is 5.75 Å². The summed E-state index contributed by atoms with van der Waals surface area (Å²) >= 11 is -0.145. The van der Waals surface area contributed by atoms with Crippen LogP contribution in [0.5, 0.6) is 5.75 Å². The molecule has 0 radical (unpaired) electrons. The zero-order valence-corrected chi connectivity index (χ0v) is 9.42. The van der Waals surface area contributed by atoms with E-state index in [-0.39, 0.29) is 16.7 Å². The van der Waals surface area contributed by atoms with E-state index >= 15 is 0 Å². The highest BCUT2D eigenvalue weighted by atomic mass is 32.2. The van der Waals surface area contributed by atoms with E-state index in [0.29, 0.717) is 11.3 Å². The topological polar surface area (TPSA) is 9.23 Å². The van der Waals surface area contributed by atoms with Crippen LogP contribution in [0.25, 0.3) is 0 Å². The predicted molar refractivity (Wildman–Crippen MR) is 54.4 cm³/mol. The standard InChI is InChI=1S/C10H11F3OS/c1-6-4-7(2)9(14-3)8(5-6)15-10(11,12)13/h4-5H,1-3H3. The molecule has 0 spiro atoms. The lowest BCUT2D eigenvalue weighted by molar-refractivity contribution is -0.0328. The van der Waals surface area contributed by atoms with Crippen molar-refractivity contribution < 1.29 is 17.9 Å². The Bertz CT molecular complexity index is 360. The first kappa shape index (κ1) is 12.2. The van der Waals surface area contributed by atoms with Crippen molar-refractivity contribution >= 4 is 11.8 Å². The summed E-state index contributed by atoms with van der Waals surface area (Å²) in [4.78, 5) is 0.113. The highest BCUT2D eigenvalue weighted by Crippen LogP contribution is 2.42. The van der Waals surface area contributed by atoms with Crippen LogP contribution in [0.15, 0.2) is 17.0 Å². The maximum absolute atomic E-state index is 12.2. The molecule has 0 fully saturated rings. The molecule has 0 saturated carbocycles. The van der Waals surface area contributed by atoms with E-state index in [1.807, 2.05) is 0 Å². The average Bonchev–Trinajstić information content (AvgIpc) is 1.99. The van der Waals surface area contributed by atoms with E-state index in [2.05, 4.69) is 0 Å². The highest BCUT2D eigenvalue weighted by molar-refractivity contribution is 8.00. The Kier molecular flexibility index (Phi) is 3.54. The van der Waals surface area contributed by atoms with Crippen molar-refractivity contribution in [2.24, 2.45) is 0 Å². The van der Waals surface area contributed by atoms with Crippen LogP contribution < -0.4 is 4.74 Å². The fraction of sp³-hybridized carbons (Fsp3) is 0.400. The van der Waals surface area contributed by atoms with Gasteiger partial charge in [-0.2, -0.15) is 13.2 Å². The van der Waals surface area contributed by atoms with Gasteiger partial charge in [0.25, 0.3) is 0 Å². The number of ether oxygens (including phenoxy) is 1. The molecule has 0 aliphatic heterocycles. The summed E-state index contributed by atoms with van der Waals surface area (Å²) in [6.07, 6.45) is 0. The fourth-order valence-corrected chi connectivity index (χ4v) is 2.21. The first-order valence-corrected chi connectivity index (χ1v) is 5.06. The van der Waals surface area contributed by atoms with Gasteiger partial charge in [-0.1, -0.05) is 6.07 Å². The van der Waals surface area contributed by atoms with Crippen LogP contribution in [0.1, 0.15) is 11.1 Å². The maximum Gasteiger partial charge on any atom is 0.446 e. The van der Waals surface area contributed by atoms with Gasteiger partial charge in [0.2, 0.25) is 0 Å². The molecular weight excluding hydrogens is 225 g/mol. The summed E-state index contributed by atoms with van der Waals surface area (Å²) in [6.45, 7) is 3.49. The molecule has 0 amide bonds. The summed E-state index contributed by atoms with van der Waals surface area (Å²) in [5.74, 6) is 0.294. The molecule has 0 aromatic heterocycles. The Morgan fingerprint density at radius 1 is 1.20 bits per heavy atom. The molecule has 0 bridgehead atoms. The van der Waals surface area contributed by atoms with Crippen molar-refractivity contribution in [3.05, 3.63) is 23.3 Å². The summed E-state index contributed by atoms with van der Waals surface area (Å²) < 4.78 is 41.6. The Morgan fingerprint density at radius 3 is 2.27 bits per heavy atom. The minimum Gasteiger partial charge on any atom is -0.495 e. The lowest BCUT2D eigenvalue weighted by Crippen LogP contribution is -2.01. The van der Waals surface area contributed by atoms with Gasteiger partial charge in [0, 0.05) is 0 Å². The molecule has 15 heavy (non-hydrogen) atoms. The molecule has 0 saturated heterocycles. The normalized spacial score (nSPS) is 11.6. The van der Waals surface area contributed by atoms with Crippen LogP contribution in [0.2, 0.25) is 0 Å². The number of halogens is 3. The van der Waals surface area contributed by atoms with Gasteiger partial charge in [0.05, 0.1) is 12.0 Å². The third kappa shape index (κ3) is 3.34. The number of alkyl halides is 3. The van der Waals surface area contributed by atoms with Crippen molar-refractivity contribution in [2.45, 2.75) is 24.3 Å². The van der Waals surface area contributed by atoms with Crippen LogP contribution >= 0.6 is 11.8 Å². The van der Waals surface area contributed by atoms with Crippen molar-refractivity contribution in [2.75, 3.05) is 7.11 Å². The molecule has 1 nitrogen and oxygen atoms in total. The van der Waals surface area contributed by atoms with Crippen LogP contribution in [0.3, 0.4) is 0 Å². The minimum absolute atomic E-state index is 0.113. The highest BCUT2D eigenvalue weighted by Gasteiger charge is 2.31. The summed E-state index contributed by atoms with van der Waals surface area (Å²) in [5.41, 5.74) is -2.78. The van der Waals surface area contributed by atoms with Gasteiger partial charge in [0.15, 0.2) is 0 Å². The van der Waals surface area contributed by atoms with Gasteiger partial charge in [-0.3, -0.25) is 0 Å². The van der Waals surface area contributed by atoms with E-state index < -0.39 is 5.51 Å². The lowest BCUT2D eigenvalue weighted by atomic mass is 10.1. The number of methoxy groups -OCH3 is 1. The monoisotopic (exact) mass is 236 g/mol. The molecule has 1 aromatic carbocycles. The molecule has 5 heteroatoms. The van der Waals surface area contributed by atoms with Crippen LogP contribution in [-0.4, -0.2) is 12.6 Å². The largest absolute Gasteiger partial charge is 0.495 e. The molecule has 84 valence electrons. The molecule has 0 N–H and O–H groups in total. The number of thioether (sulfide) groups is 1. The van der Waals surface area contributed by atoms with E-state index in [1.165, 1.54) is 13.2 Å². The third-order valence-electron chi connectivity index (χ3n) is 1.81. The van der Waals surface area contributed by atoms with E-state index in [1.54, 1.807) is 19.9 Å². The Morgan fingerprint density at radius 2 is 1.80 bits per heavy atom. The molecule has 0 unspecified atom stereocenters. The molecule has 0 heterocycles. The van der Waals surface area contributed by atoms with E-state index in [0.717, 1.165) is 5.56 Å². The van der Waals surface area contributed by atoms with Gasteiger partial charge in [-0.05, 0) is 42.8 Å². The van der Waals surface area contributed by atoms with E-state index in [4.69, 9.17) is 4.74 Å². The average molecular weight is 236 g/mol. The second-order valence-electron chi connectivity index (χ2n) is 3.16. The molecule has 1 aromatic rings. The SMILES string of the molecule is COc1c(C)cc(C)cc1SC(F)(F)F. The quantitative estimate of drug-likeness (QED) is 0.720.